The summed E-state index contributed by atoms with van der Waals surface area (Å²) in [5.74, 6) is -0.150. The van der Waals surface area contributed by atoms with Gasteiger partial charge in [-0.3, -0.25) is 10.1 Å². The Morgan fingerprint density at radius 2 is 2.28 bits per heavy atom. The van der Waals surface area contributed by atoms with Crippen molar-refractivity contribution in [3.8, 4) is 0 Å². The number of methoxy groups -OCH3 is 1. The van der Waals surface area contributed by atoms with Crippen molar-refractivity contribution in [2.24, 2.45) is 0 Å². The summed E-state index contributed by atoms with van der Waals surface area (Å²) in [7, 11) is 1.45. The number of unbranched alkanes of at least 4 members (excludes halogenated alkanes) is 3. The molecule has 0 saturated carbocycles. The van der Waals surface area contributed by atoms with Crippen LogP contribution in [0, 0.1) is 0 Å². The number of rotatable bonds is 9. The van der Waals surface area contributed by atoms with E-state index >= 15 is 0 Å². The Morgan fingerprint density at radius 1 is 1.44 bits per heavy atom. The summed E-state index contributed by atoms with van der Waals surface area (Å²) in [6.45, 7) is 2.93. The van der Waals surface area contributed by atoms with E-state index in [1.807, 2.05) is 11.4 Å². The molecule has 4 heteroatoms. The molecule has 0 aliphatic rings. The lowest BCUT2D eigenvalue weighted by Crippen LogP contribution is -2.37. The average molecular weight is 269 g/mol. The molecule has 0 bridgehead atoms. The van der Waals surface area contributed by atoms with Gasteiger partial charge in [0.15, 0.2) is 0 Å². The molecule has 0 aliphatic carbocycles. The van der Waals surface area contributed by atoms with Crippen LogP contribution in [0.1, 0.15) is 43.9 Å². The third kappa shape index (κ3) is 5.65. The minimum atomic E-state index is -0.172. The molecule has 3 nitrogen and oxygen atoms in total. The second-order valence-corrected chi connectivity index (χ2v) is 5.42. The van der Waals surface area contributed by atoms with E-state index < -0.39 is 0 Å². The van der Waals surface area contributed by atoms with Crippen LogP contribution < -0.4 is 5.32 Å². The van der Waals surface area contributed by atoms with Gasteiger partial charge >= 0.3 is 5.97 Å². The SMILES string of the molecule is CCCCCCC(NCc1cccs1)C(=O)OC. The second kappa shape index (κ2) is 9.11. The van der Waals surface area contributed by atoms with Crippen LogP contribution in [0.2, 0.25) is 0 Å². The van der Waals surface area contributed by atoms with Gasteiger partial charge in [0.05, 0.1) is 7.11 Å². The molecule has 0 amide bonds. The summed E-state index contributed by atoms with van der Waals surface area (Å²) in [6, 6.07) is 3.92. The monoisotopic (exact) mass is 269 g/mol. The highest BCUT2D eigenvalue weighted by Gasteiger charge is 2.17. The first-order chi connectivity index (χ1) is 8.77. The van der Waals surface area contributed by atoms with E-state index in [4.69, 9.17) is 4.74 Å². The van der Waals surface area contributed by atoms with E-state index in [2.05, 4.69) is 18.3 Å². The number of esters is 1. The molecule has 0 aromatic carbocycles. The molecule has 1 atom stereocenters. The number of ether oxygens (including phenoxy) is 1. The first-order valence-electron chi connectivity index (χ1n) is 6.61. The van der Waals surface area contributed by atoms with Gasteiger partial charge in [0, 0.05) is 11.4 Å². The maximum absolute atomic E-state index is 11.7. The molecule has 1 N–H and O–H groups in total. The zero-order chi connectivity index (χ0) is 13.2. The molecule has 1 aromatic heterocycles. The minimum Gasteiger partial charge on any atom is -0.468 e. The molecule has 1 unspecified atom stereocenters. The highest BCUT2D eigenvalue weighted by molar-refractivity contribution is 7.09. The summed E-state index contributed by atoms with van der Waals surface area (Å²) in [6.07, 6.45) is 5.57. The lowest BCUT2D eigenvalue weighted by Gasteiger charge is -2.15. The van der Waals surface area contributed by atoms with E-state index in [1.165, 1.54) is 31.2 Å². The van der Waals surface area contributed by atoms with Crippen molar-refractivity contribution in [3.05, 3.63) is 22.4 Å². The first kappa shape index (κ1) is 15.2. The summed E-state index contributed by atoms with van der Waals surface area (Å²) in [4.78, 5) is 12.9. The van der Waals surface area contributed by atoms with Crippen LogP contribution >= 0.6 is 11.3 Å². The minimum absolute atomic E-state index is 0.150. The quantitative estimate of drug-likeness (QED) is 0.552. The van der Waals surface area contributed by atoms with Crippen molar-refractivity contribution in [1.82, 2.24) is 5.32 Å². The molecular weight excluding hydrogens is 246 g/mol. The third-order valence-corrected chi connectivity index (χ3v) is 3.81. The lowest BCUT2D eigenvalue weighted by molar-refractivity contribution is -0.143. The number of thiophene rings is 1. The normalized spacial score (nSPS) is 12.3. The van der Waals surface area contributed by atoms with Crippen molar-refractivity contribution >= 4 is 17.3 Å². The van der Waals surface area contributed by atoms with Crippen molar-refractivity contribution in [1.29, 1.82) is 0 Å². The number of hydrogen-bond acceptors (Lipinski definition) is 4. The van der Waals surface area contributed by atoms with Crippen LogP contribution in [0.5, 0.6) is 0 Å². The smallest absolute Gasteiger partial charge is 0.322 e. The van der Waals surface area contributed by atoms with Gasteiger partial charge < -0.3 is 4.74 Å². The molecule has 1 heterocycles. The fourth-order valence-electron chi connectivity index (χ4n) is 1.86. The van der Waals surface area contributed by atoms with E-state index in [0.29, 0.717) is 0 Å². The van der Waals surface area contributed by atoms with Gasteiger partial charge in [-0.1, -0.05) is 38.7 Å². The van der Waals surface area contributed by atoms with Crippen LogP contribution in [0.3, 0.4) is 0 Å². The lowest BCUT2D eigenvalue weighted by atomic mass is 10.1. The fourth-order valence-corrected chi connectivity index (χ4v) is 2.51. The van der Waals surface area contributed by atoms with Crippen LogP contribution in [-0.4, -0.2) is 19.1 Å². The summed E-state index contributed by atoms with van der Waals surface area (Å²) < 4.78 is 4.84. The van der Waals surface area contributed by atoms with E-state index in [9.17, 15) is 4.79 Å². The molecule has 0 fully saturated rings. The molecule has 1 aromatic rings. The Balaban J connectivity index is 2.33. The number of carbonyl (C=O) groups excluding carboxylic acids is 1. The average Bonchev–Trinajstić information content (AvgIpc) is 2.90. The van der Waals surface area contributed by atoms with Crippen molar-refractivity contribution in [3.63, 3.8) is 0 Å². The molecule has 0 spiro atoms. The predicted molar refractivity (Wildman–Crippen MR) is 75.7 cm³/mol. The van der Waals surface area contributed by atoms with Crippen LogP contribution in [0.4, 0.5) is 0 Å². The standard InChI is InChI=1S/C14H23NO2S/c1-3-4-5-6-9-13(14(16)17-2)15-11-12-8-7-10-18-12/h7-8,10,13,15H,3-6,9,11H2,1-2H3. The van der Waals surface area contributed by atoms with Gasteiger partial charge in [-0.05, 0) is 17.9 Å². The molecule has 0 aliphatic heterocycles. The zero-order valence-corrected chi connectivity index (χ0v) is 12.1. The molecule has 18 heavy (non-hydrogen) atoms. The van der Waals surface area contributed by atoms with Gasteiger partial charge in [0.25, 0.3) is 0 Å². The van der Waals surface area contributed by atoms with E-state index in [1.54, 1.807) is 11.3 Å². The zero-order valence-electron chi connectivity index (χ0n) is 11.3. The second-order valence-electron chi connectivity index (χ2n) is 4.39. The Bertz CT molecular complexity index is 325. The van der Waals surface area contributed by atoms with Crippen LogP contribution in [0.25, 0.3) is 0 Å². The van der Waals surface area contributed by atoms with Crippen LogP contribution in [-0.2, 0) is 16.1 Å². The third-order valence-electron chi connectivity index (χ3n) is 2.93. The summed E-state index contributed by atoms with van der Waals surface area (Å²) >= 11 is 1.70. The Hall–Kier alpha value is -0.870. The number of carbonyl (C=O) groups is 1. The van der Waals surface area contributed by atoms with Crippen molar-refractivity contribution in [2.75, 3.05) is 7.11 Å². The Labute approximate surface area is 114 Å². The topological polar surface area (TPSA) is 38.3 Å². The molecular formula is C14H23NO2S. The molecule has 102 valence electrons. The van der Waals surface area contributed by atoms with Gasteiger partial charge in [-0.2, -0.15) is 0 Å². The van der Waals surface area contributed by atoms with Crippen molar-refractivity contribution < 1.29 is 9.53 Å². The molecule has 1 rings (SSSR count). The Kier molecular flexibility index (Phi) is 7.69. The van der Waals surface area contributed by atoms with E-state index in [0.717, 1.165) is 19.4 Å². The molecule has 0 saturated heterocycles. The largest absolute Gasteiger partial charge is 0.468 e. The summed E-state index contributed by atoms with van der Waals surface area (Å²) in [5.41, 5.74) is 0. The van der Waals surface area contributed by atoms with Gasteiger partial charge in [-0.25, -0.2) is 0 Å². The van der Waals surface area contributed by atoms with Gasteiger partial charge in [0.1, 0.15) is 6.04 Å². The van der Waals surface area contributed by atoms with Gasteiger partial charge in [0.2, 0.25) is 0 Å². The number of nitrogens with one attached hydrogen (secondary N) is 1. The Morgan fingerprint density at radius 3 is 2.89 bits per heavy atom. The maximum Gasteiger partial charge on any atom is 0.322 e. The fraction of sp³-hybridized carbons (Fsp3) is 0.643. The maximum atomic E-state index is 11.7. The van der Waals surface area contributed by atoms with Gasteiger partial charge in [-0.15, -0.1) is 11.3 Å². The van der Waals surface area contributed by atoms with Crippen molar-refractivity contribution in [2.45, 2.75) is 51.6 Å². The number of hydrogen-bond donors (Lipinski definition) is 1. The highest BCUT2D eigenvalue weighted by Crippen LogP contribution is 2.11. The van der Waals surface area contributed by atoms with Crippen LogP contribution in [0.15, 0.2) is 17.5 Å². The summed E-state index contributed by atoms with van der Waals surface area (Å²) in [5, 5.41) is 5.33. The highest BCUT2D eigenvalue weighted by atomic mass is 32.1. The first-order valence-corrected chi connectivity index (χ1v) is 7.49. The molecule has 0 radical (unpaired) electrons. The predicted octanol–water partition coefficient (Wildman–Crippen LogP) is 3.35. The van der Waals surface area contributed by atoms with E-state index in [-0.39, 0.29) is 12.0 Å².